The molecule has 0 radical (unpaired) electrons. The van der Waals surface area contributed by atoms with Crippen molar-refractivity contribution >= 4 is 0 Å². The summed E-state index contributed by atoms with van der Waals surface area (Å²) < 4.78 is 0. The summed E-state index contributed by atoms with van der Waals surface area (Å²) in [6.07, 6.45) is 0.567. The Labute approximate surface area is 126 Å². The van der Waals surface area contributed by atoms with E-state index in [2.05, 4.69) is 9.97 Å². The average Bonchev–Trinajstić information content (AvgIpc) is 2.42. The molecule has 2 heterocycles. The highest BCUT2D eigenvalue weighted by Gasteiger charge is 2.22. The van der Waals surface area contributed by atoms with Crippen LogP contribution in [0.4, 0.5) is 0 Å². The molecule has 1 aliphatic heterocycles. The third kappa shape index (κ3) is 2.62. The van der Waals surface area contributed by atoms with E-state index < -0.39 is 0 Å². The quantitative estimate of drug-likeness (QED) is 0.652. The molecular formula is C15H17N3O4. The number of aryl methyl sites for hydroxylation is 1. The van der Waals surface area contributed by atoms with Crippen molar-refractivity contribution < 1.29 is 15.3 Å². The van der Waals surface area contributed by atoms with E-state index in [-0.39, 0.29) is 22.8 Å². The molecule has 0 saturated carbocycles. The van der Waals surface area contributed by atoms with Crippen molar-refractivity contribution in [2.75, 3.05) is 6.54 Å². The number of hydrogen-bond acceptors (Lipinski definition) is 6. The maximum Gasteiger partial charge on any atom is 0.254 e. The number of aromatic amines is 1. The van der Waals surface area contributed by atoms with Crippen LogP contribution in [0, 0.1) is 6.92 Å². The van der Waals surface area contributed by atoms with Crippen LogP contribution >= 0.6 is 0 Å². The first kappa shape index (κ1) is 14.4. The highest BCUT2D eigenvalue weighted by atomic mass is 16.3. The van der Waals surface area contributed by atoms with E-state index in [1.165, 1.54) is 12.1 Å². The van der Waals surface area contributed by atoms with E-state index in [4.69, 9.17) is 0 Å². The molecule has 0 unspecified atom stereocenters. The number of H-pyrrole nitrogens is 1. The number of fused-ring (bicyclic) bond motifs is 1. The predicted molar refractivity (Wildman–Crippen MR) is 78.8 cm³/mol. The normalized spacial score (nSPS) is 14.8. The van der Waals surface area contributed by atoms with Gasteiger partial charge in [0.15, 0.2) is 0 Å². The van der Waals surface area contributed by atoms with E-state index in [1.807, 2.05) is 4.90 Å². The lowest BCUT2D eigenvalue weighted by molar-refractivity contribution is 0.233. The second-order valence-corrected chi connectivity index (χ2v) is 5.50. The number of nitrogens with one attached hydrogen (secondary N) is 1. The number of phenols is 3. The molecule has 22 heavy (non-hydrogen) atoms. The minimum Gasteiger partial charge on any atom is -0.508 e. The third-order valence-electron chi connectivity index (χ3n) is 3.84. The summed E-state index contributed by atoms with van der Waals surface area (Å²) >= 11 is 0. The van der Waals surface area contributed by atoms with Crippen LogP contribution in [0.5, 0.6) is 17.2 Å². The molecule has 2 aromatic rings. The van der Waals surface area contributed by atoms with Crippen LogP contribution in [0.1, 0.15) is 22.6 Å². The molecule has 7 heteroatoms. The average molecular weight is 303 g/mol. The fourth-order valence-electron chi connectivity index (χ4n) is 2.77. The summed E-state index contributed by atoms with van der Waals surface area (Å²) in [6.45, 7) is 3.14. The lowest BCUT2D eigenvalue weighted by Crippen LogP contribution is -2.35. The number of hydrogen-bond donors (Lipinski definition) is 4. The Hall–Kier alpha value is -2.54. The number of rotatable bonds is 2. The maximum absolute atomic E-state index is 11.9. The fourth-order valence-corrected chi connectivity index (χ4v) is 2.77. The zero-order valence-electron chi connectivity index (χ0n) is 12.1. The van der Waals surface area contributed by atoms with Gasteiger partial charge >= 0.3 is 0 Å². The van der Waals surface area contributed by atoms with E-state index in [0.29, 0.717) is 43.0 Å². The zero-order chi connectivity index (χ0) is 15.9. The largest absolute Gasteiger partial charge is 0.508 e. The van der Waals surface area contributed by atoms with E-state index in [0.717, 1.165) is 5.69 Å². The van der Waals surface area contributed by atoms with Crippen LogP contribution in [-0.2, 0) is 19.5 Å². The molecule has 0 fully saturated rings. The van der Waals surface area contributed by atoms with Gasteiger partial charge in [-0.05, 0) is 13.3 Å². The van der Waals surface area contributed by atoms with Crippen molar-refractivity contribution in [1.82, 2.24) is 14.9 Å². The van der Waals surface area contributed by atoms with Gasteiger partial charge in [-0.3, -0.25) is 9.69 Å². The second kappa shape index (κ2) is 5.34. The van der Waals surface area contributed by atoms with E-state index in [9.17, 15) is 20.1 Å². The molecule has 116 valence electrons. The standard InChI is InChI=1S/C15H17N3O4/c1-8-16-12-7-18(3-2-10(12)15(22)17-8)6-11-13(20)4-9(19)5-14(11)21/h4-5,19-21H,2-3,6-7H2,1H3,(H,16,17,22). The van der Waals surface area contributed by atoms with Gasteiger partial charge < -0.3 is 20.3 Å². The first-order valence-corrected chi connectivity index (χ1v) is 6.99. The Morgan fingerprint density at radius 1 is 1.27 bits per heavy atom. The van der Waals surface area contributed by atoms with Gasteiger partial charge in [-0.15, -0.1) is 0 Å². The van der Waals surface area contributed by atoms with Crippen molar-refractivity contribution in [3.63, 3.8) is 0 Å². The number of nitrogens with zero attached hydrogens (tertiary/aromatic N) is 2. The van der Waals surface area contributed by atoms with Gasteiger partial charge in [0, 0.05) is 42.9 Å². The maximum atomic E-state index is 11.9. The van der Waals surface area contributed by atoms with Gasteiger partial charge in [0.25, 0.3) is 5.56 Å². The molecule has 1 aliphatic rings. The van der Waals surface area contributed by atoms with Crippen LogP contribution in [0.3, 0.4) is 0 Å². The highest BCUT2D eigenvalue weighted by Crippen LogP contribution is 2.33. The molecule has 0 aliphatic carbocycles. The van der Waals surface area contributed by atoms with Crippen LogP contribution in [-0.4, -0.2) is 36.7 Å². The predicted octanol–water partition coefficient (Wildman–Crippen LogP) is 0.753. The first-order valence-electron chi connectivity index (χ1n) is 6.99. The molecule has 7 nitrogen and oxygen atoms in total. The van der Waals surface area contributed by atoms with Gasteiger partial charge in [0.2, 0.25) is 0 Å². The molecule has 0 bridgehead atoms. The SMILES string of the molecule is Cc1nc2c(c(=O)[nH]1)CCN(Cc1c(O)cc(O)cc1O)C2. The van der Waals surface area contributed by atoms with Crippen molar-refractivity contribution in [3.05, 3.63) is 45.1 Å². The Kier molecular flexibility index (Phi) is 3.50. The Bertz CT molecular complexity index is 762. The number of aromatic nitrogens is 2. The summed E-state index contributed by atoms with van der Waals surface area (Å²) in [4.78, 5) is 20.9. The molecule has 0 atom stereocenters. The van der Waals surface area contributed by atoms with Crippen LogP contribution in [0.2, 0.25) is 0 Å². The Morgan fingerprint density at radius 2 is 1.95 bits per heavy atom. The Morgan fingerprint density at radius 3 is 2.64 bits per heavy atom. The second-order valence-electron chi connectivity index (χ2n) is 5.50. The minimum absolute atomic E-state index is 0.0996. The zero-order valence-corrected chi connectivity index (χ0v) is 12.1. The van der Waals surface area contributed by atoms with Gasteiger partial charge in [-0.2, -0.15) is 0 Å². The molecule has 1 aromatic heterocycles. The van der Waals surface area contributed by atoms with Crippen LogP contribution in [0.15, 0.2) is 16.9 Å². The lowest BCUT2D eigenvalue weighted by Gasteiger charge is -2.28. The molecule has 0 spiro atoms. The summed E-state index contributed by atoms with van der Waals surface area (Å²) in [5.41, 5.74) is 1.67. The van der Waals surface area contributed by atoms with E-state index in [1.54, 1.807) is 6.92 Å². The topological polar surface area (TPSA) is 110 Å². The molecular weight excluding hydrogens is 286 g/mol. The number of phenolic OH excluding ortho intramolecular Hbond substituents is 3. The van der Waals surface area contributed by atoms with E-state index >= 15 is 0 Å². The van der Waals surface area contributed by atoms with Gasteiger partial charge in [-0.25, -0.2) is 4.98 Å². The summed E-state index contributed by atoms with van der Waals surface area (Å²) in [7, 11) is 0. The molecule has 1 aromatic carbocycles. The summed E-state index contributed by atoms with van der Waals surface area (Å²) in [5, 5.41) is 29.1. The number of aromatic hydroxyl groups is 3. The molecule has 3 rings (SSSR count). The van der Waals surface area contributed by atoms with Gasteiger partial charge in [0.05, 0.1) is 5.69 Å². The number of benzene rings is 1. The molecule has 4 N–H and O–H groups in total. The third-order valence-corrected chi connectivity index (χ3v) is 3.84. The van der Waals surface area contributed by atoms with Gasteiger partial charge in [0.1, 0.15) is 23.1 Å². The van der Waals surface area contributed by atoms with Crippen LogP contribution in [0.25, 0.3) is 0 Å². The lowest BCUT2D eigenvalue weighted by atomic mass is 10.0. The summed E-state index contributed by atoms with van der Waals surface area (Å²) in [6, 6.07) is 2.39. The smallest absolute Gasteiger partial charge is 0.254 e. The fraction of sp³-hybridized carbons (Fsp3) is 0.333. The monoisotopic (exact) mass is 303 g/mol. The van der Waals surface area contributed by atoms with Crippen LogP contribution < -0.4 is 5.56 Å². The molecule has 0 amide bonds. The van der Waals surface area contributed by atoms with Crippen molar-refractivity contribution in [3.8, 4) is 17.2 Å². The summed E-state index contributed by atoms with van der Waals surface area (Å²) in [5.74, 6) is 0.0733. The van der Waals surface area contributed by atoms with Gasteiger partial charge in [-0.1, -0.05) is 0 Å². The first-order chi connectivity index (χ1) is 10.4. The molecule has 0 saturated heterocycles. The van der Waals surface area contributed by atoms with Crippen molar-refractivity contribution in [1.29, 1.82) is 0 Å². The highest BCUT2D eigenvalue weighted by molar-refractivity contribution is 5.48. The van der Waals surface area contributed by atoms with Crippen molar-refractivity contribution in [2.45, 2.75) is 26.4 Å². The van der Waals surface area contributed by atoms with Crippen molar-refractivity contribution in [2.24, 2.45) is 0 Å². The Balaban J connectivity index is 1.86. The minimum atomic E-state index is -0.188.